The van der Waals surface area contributed by atoms with Crippen LogP contribution >= 0.6 is 0 Å². The summed E-state index contributed by atoms with van der Waals surface area (Å²) in [5.41, 5.74) is -0.683. The Bertz CT molecular complexity index is 325. The molecule has 3 heteroatoms. The van der Waals surface area contributed by atoms with Crippen LogP contribution in [0.3, 0.4) is 0 Å². The molecule has 4 unspecified atom stereocenters. The van der Waals surface area contributed by atoms with Gasteiger partial charge in [0.05, 0.1) is 17.3 Å². The number of fused-ring (bicyclic) bond motifs is 2. The molecule has 1 saturated carbocycles. The summed E-state index contributed by atoms with van der Waals surface area (Å²) in [4.78, 5) is 11.7. The molecule has 0 aromatic carbocycles. The molecule has 2 bridgehead atoms. The number of hydrogen-bond acceptors (Lipinski definition) is 3. The molecule has 98 valence electrons. The van der Waals surface area contributed by atoms with E-state index in [1.54, 1.807) is 0 Å². The number of Topliss-reactive ketones (excluding diaryl/α,β-unsaturated/α-hetero) is 1. The number of carbonyl (C=O) groups is 1. The predicted molar refractivity (Wildman–Crippen MR) is 65.7 cm³/mol. The Labute approximate surface area is 104 Å². The van der Waals surface area contributed by atoms with Crippen LogP contribution in [0, 0.1) is 11.8 Å². The van der Waals surface area contributed by atoms with Crippen molar-refractivity contribution in [3.63, 3.8) is 0 Å². The molecule has 2 fully saturated rings. The fourth-order valence-electron chi connectivity index (χ4n) is 3.43. The lowest BCUT2D eigenvalue weighted by Gasteiger charge is -2.36. The number of ketones is 1. The molecule has 4 atom stereocenters. The van der Waals surface area contributed by atoms with Gasteiger partial charge in [0.15, 0.2) is 0 Å². The quantitative estimate of drug-likeness (QED) is 0.820. The van der Waals surface area contributed by atoms with Crippen molar-refractivity contribution in [1.29, 1.82) is 0 Å². The standard InChI is InChI=1S/C14H24O3/c1-9(2)11(15)6-8-13(3)10-5-7-14(4,17-13)12(10)16/h9-10,12,16H,5-8H2,1-4H3. The van der Waals surface area contributed by atoms with E-state index in [1.165, 1.54) is 0 Å². The van der Waals surface area contributed by atoms with Crippen LogP contribution < -0.4 is 0 Å². The topological polar surface area (TPSA) is 46.5 Å². The second-order valence-corrected chi connectivity index (χ2v) is 6.44. The van der Waals surface area contributed by atoms with Gasteiger partial charge in [-0.05, 0) is 33.1 Å². The van der Waals surface area contributed by atoms with E-state index in [9.17, 15) is 9.90 Å². The average molecular weight is 240 g/mol. The van der Waals surface area contributed by atoms with Gasteiger partial charge in [-0.1, -0.05) is 13.8 Å². The Morgan fingerprint density at radius 1 is 1.47 bits per heavy atom. The number of carbonyl (C=O) groups excluding carboxylic acids is 1. The molecule has 1 N–H and O–H groups in total. The van der Waals surface area contributed by atoms with Crippen molar-refractivity contribution in [1.82, 2.24) is 0 Å². The van der Waals surface area contributed by atoms with Gasteiger partial charge in [-0.25, -0.2) is 0 Å². The van der Waals surface area contributed by atoms with Crippen LogP contribution in [0.5, 0.6) is 0 Å². The molecule has 0 radical (unpaired) electrons. The Balaban J connectivity index is 2.00. The first-order chi connectivity index (χ1) is 7.78. The van der Waals surface area contributed by atoms with Gasteiger partial charge in [0, 0.05) is 18.3 Å². The van der Waals surface area contributed by atoms with Crippen molar-refractivity contribution in [3.05, 3.63) is 0 Å². The highest BCUT2D eigenvalue weighted by molar-refractivity contribution is 5.80. The molecule has 1 aliphatic heterocycles. The summed E-state index contributed by atoms with van der Waals surface area (Å²) in [5, 5.41) is 10.2. The summed E-state index contributed by atoms with van der Waals surface area (Å²) in [5.74, 6) is 0.586. The maximum Gasteiger partial charge on any atom is 0.135 e. The first-order valence-corrected chi connectivity index (χ1v) is 6.69. The average Bonchev–Trinajstić information content (AvgIpc) is 2.61. The highest BCUT2D eigenvalue weighted by Crippen LogP contribution is 2.54. The number of rotatable bonds is 4. The van der Waals surface area contributed by atoms with Gasteiger partial charge in [0.1, 0.15) is 5.78 Å². The molecule has 1 heterocycles. The highest BCUT2D eigenvalue weighted by atomic mass is 16.6. The van der Waals surface area contributed by atoms with Crippen molar-refractivity contribution in [2.24, 2.45) is 11.8 Å². The number of hydrogen-bond donors (Lipinski definition) is 1. The van der Waals surface area contributed by atoms with Gasteiger partial charge in [0.2, 0.25) is 0 Å². The first-order valence-electron chi connectivity index (χ1n) is 6.69. The summed E-state index contributed by atoms with van der Waals surface area (Å²) in [7, 11) is 0. The minimum absolute atomic E-state index is 0.0951. The largest absolute Gasteiger partial charge is 0.390 e. The van der Waals surface area contributed by atoms with Crippen LogP contribution in [0.1, 0.15) is 53.4 Å². The summed E-state index contributed by atoms with van der Waals surface area (Å²) in [6.07, 6.45) is 2.90. The molecule has 0 amide bonds. The van der Waals surface area contributed by atoms with Crippen LogP contribution in [0.2, 0.25) is 0 Å². The molecule has 0 spiro atoms. The SMILES string of the molecule is CC(C)C(=O)CCC1(C)OC2(C)CCC1C2O. The zero-order valence-electron chi connectivity index (χ0n) is 11.3. The zero-order valence-corrected chi connectivity index (χ0v) is 11.3. The van der Waals surface area contributed by atoms with E-state index in [0.29, 0.717) is 6.42 Å². The number of aliphatic hydroxyl groups is 1. The second kappa shape index (κ2) is 4.06. The van der Waals surface area contributed by atoms with Gasteiger partial charge in [0.25, 0.3) is 0 Å². The zero-order chi connectivity index (χ0) is 12.8. The van der Waals surface area contributed by atoms with E-state index in [2.05, 4.69) is 6.92 Å². The molecule has 1 aliphatic carbocycles. The fraction of sp³-hybridized carbons (Fsp3) is 0.929. The summed E-state index contributed by atoms with van der Waals surface area (Å²) in [6, 6.07) is 0. The summed E-state index contributed by atoms with van der Waals surface area (Å²) >= 11 is 0. The van der Waals surface area contributed by atoms with E-state index < -0.39 is 0 Å². The van der Waals surface area contributed by atoms with Crippen molar-refractivity contribution in [2.45, 2.75) is 70.7 Å². The van der Waals surface area contributed by atoms with Gasteiger partial charge >= 0.3 is 0 Å². The van der Waals surface area contributed by atoms with Crippen LogP contribution in [0.25, 0.3) is 0 Å². The lowest BCUT2D eigenvalue weighted by atomic mass is 9.82. The van der Waals surface area contributed by atoms with E-state index in [0.717, 1.165) is 19.3 Å². The second-order valence-electron chi connectivity index (χ2n) is 6.44. The Kier molecular flexibility index (Phi) is 3.11. The predicted octanol–water partition coefficient (Wildman–Crippen LogP) is 2.31. The van der Waals surface area contributed by atoms with E-state index >= 15 is 0 Å². The first kappa shape index (κ1) is 13.0. The fourth-order valence-corrected chi connectivity index (χ4v) is 3.43. The monoisotopic (exact) mass is 240 g/mol. The van der Waals surface area contributed by atoms with Crippen molar-refractivity contribution in [2.75, 3.05) is 0 Å². The smallest absolute Gasteiger partial charge is 0.135 e. The molecule has 3 nitrogen and oxygen atoms in total. The lowest BCUT2D eigenvalue weighted by molar-refractivity contribution is -0.139. The molecular formula is C14H24O3. The van der Waals surface area contributed by atoms with Crippen molar-refractivity contribution >= 4 is 5.78 Å². The van der Waals surface area contributed by atoms with Crippen LogP contribution in [0.4, 0.5) is 0 Å². The number of ether oxygens (including phenoxy) is 1. The van der Waals surface area contributed by atoms with Crippen LogP contribution in [-0.4, -0.2) is 28.2 Å². The van der Waals surface area contributed by atoms with E-state index in [-0.39, 0.29) is 34.9 Å². The molecule has 1 saturated heterocycles. The van der Waals surface area contributed by atoms with Gasteiger partial charge in [-0.15, -0.1) is 0 Å². The summed E-state index contributed by atoms with van der Waals surface area (Å²) < 4.78 is 6.08. The van der Waals surface area contributed by atoms with Crippen molar-refractivity contribution < 1.29 is 14.6 Å². The molecule has 2 aliphatic rings. The Morgan fingerprint density at radius 2 is 2.12 bits per heavy atom. The third kappa shape index (κ3) is 2.04. The van der Waals surface area contributed by atoms with Gasteiger partial charge < -0.3 is 9.84 Å². The van der Waals surface area contributed by atoms with Gasteiger partial charge in [-0.2, -0.15) is 0 Å². The number of aliphatic hydroxyl groups excluding tert-OH is 1. The minimum Gasteiger partial charge on any atom is -0.390 e. The third-order valence-electron chi connectivity index (χ3n) is 4.72. The lowest BCUT2D eigenvalue weighted by Crippen LogP contribution is -2.39. The maximum absolute atomic E-state index is 11.7. The Hall–Kier alpha value is -0.410. The molecule has 0 aromatic rings. The van der Waals surface area contributed by atoms with Gasteiger partial charge in [-0.3, -0.25) is 4.79 Å². The molecular weight excluding hydrogens is 216 g/mol. The molecule has 17 heavy (non-hydrogen) atoms. The maximum atomic E-state index is 11.7. The highest BCUT2D eigenvalue weighted by Gasteiger charge is 2.61. The minimum atomic E-state index is -0.375. The normalized spacial score (nSPS) is 44.6. The molecule has 0 aromatic heterocycles. The van der Waals surface area contributed by atoms with Crippen LogP contribution in [0.15, 0.2) is 0 Å². The summed E-state index contributed by atoms with van der Waals surface area (Å²) in [6.45, 7) is 7.91. The van der Waals surface area contributed by atoms with Crippen LogP contribution in [-0.2, 0) is 9.53 Å². The van der Waals surface area contributed by atoms with E-state index in [4.69, 9.17) is 4.74 Å². The third-order valence-corrected chi connectivity index (χ3v) is 4.72. The molecule has 2 rings (SSSR count). The van der Waals surface area contributed by atoms with Crippen molar-refractivity contribution in [3.8, 4) is 0 Å². The Morgan fingerprint density at radius 3 is 2.53 bits per heavy atom. The van der Waals surface area contributed by atoms with E-state index in [1.807, 2.05) is 20.8 Å².